The first-order valence-electron chi connectivity index (χ1n) is 9.03. The fraction of sp³-hybridized carbons (Fsp3) is 0.650. The van der Waals surface area contributed by atoms with Gasteiger partial charge in [-0.2, -0.15) is 0 Å². The summed E-state index contributed by atoms with van der Waals surface area (Å²) in [5.41, 5.74) is 7.41. The third kappa shape index (κ3) is 5.82. The van der Waals surface area contributed by atoms with Crippen LogP contribution in [0.5, 0.6) is 0 Å². The molecule has 1 amide bonds. The summed E-state index contributed by atoms with van der Waals surface area (Å²) in [4.78, 5) is 13.6. The molecule has 134 valence electrons. The van der Waals surface area contributed by atoms with Crippen LogP contribution in [0, 0.1) is 12.8 Å². The van der Waals surface area contributed by atoms with Crippen molar-refractivity contribution >= 4 is 6.09 Å². The molecule has 0 spiro atoms. The average Bonchev–Trinajstić information content (AvgIpc) is 2.48. The second-order valence-electron chi connectivity index (χ2n) is 7.90. The monoisotopic (exact) mass is 332 g/mol. The Balaban J connectivity index is 1.79. The second kappa shape index (κ2) is 8.02. The molecule has 4 heteroatoms. The minimum absolute atomic E-state index is 0.466. The standard InChI is InChI=1S/C20H32N2O2/c1-15-5-7-17(8-6-15)13-16(2)22-11-9-18(10-12-22)14-20(3,4)24-19(21)23/h5-8,16,18H,9-14H2,1-4H3,(H2,21,23). The van der Waals surface area contributed by atoms with Crippen LogP contribution in [0.25, 0.3) is 0 Å². The highest BCUT2D eigenvalue weighted by Crippen LogP contribution is 2.29. The van der Waals surface area contributed by atoms with Gasteiger partial charge in [0.2, 0.25) is 0 Å². The van der Waals surface area contributed by atoms with E-state index in [0.717, 1.165) is 38.8 Å². The van der Waals surface area contributed by atoms with E-state index in [1.807, 2.05) is 13.8 Å². The zero-order valence-corrected chi connectivity index (χ0v) is 15.5. The molecule has 1 aromatic carbocycles. The molecule has 1 heterocycles. The molecule has 1 aliphatic heterocycles. The number of nitrogens with zero attached hydrogens (tertiary/aromatic N) is 1. The van der Waals surface area contributed by atoms with E-state index < -0.39 is 11.7 Å². The number of amides is 1. The van der Waals surface area contributed by atoms with Crippen molar-refractivity contribution < 1.29 is 9.53 Å². The first-order valence-corrected chi connectivity index (χ1v) is 9.03. The molecule has 1 aliphatic rings. The van der Waals surface area contributed by atoms with Crippen LogP contribution < -0.4 is 5.73 Å². The van der Waals surface area contributed by atoms with Gasteiger partial charge in [-0.15, -0.1) is 0 Å². The van der Waals surface area contributed by atoms with Crippen LogP contribution in [-0.2, 0) is 11.2 Å². The Hall–Kier alpha value is -1.55. The Labute approximate surface area is 146 Å². The number of hydrogen-bond acceptors (Lipinski definition) is 3. The van der Waals surface area contributed by atoms with Gasteiger partial charge in [0.05, 0.1) is 0 Å². The third-order valence-corrected chi connectivity index (χ3v) is 5.08. The zero-order chi connectivity index (χ0) is 17.7. The molecule has 1 fully saturated rings. The van der Waals surface area contributed by atoms with Gasteiger partial charge in [0.1, 0.15) is 5.60 Å². The number of ether oxygens (including phenoxy) is 1. The Morgan fingerprint density at radius 3 is 2.42 bits per heavy atom. The molecule has 0 aromatic heterocycles. The van der Waals surface area contributed by atoms with Gasteiger partial charge in [0.15, 0.2) is 0 Å². The van der Waals surface area contributed by atoms with Crippen LogP contribution in [0.3, 0.4) is 0 Å². The van der Waals surface area contributed by atoms with Crippen molar-refractivity contribution in [3.63, 3.8) is 0 Å². The molecule has 0 bridgehead atoms. The molecule has 1 saturated heterocycles. The lowest BCUT2D eigenvalue weighted by Crippen LogP contribution is -2.43. The summed E-state index contributed by atoms with van der Waals surface area (Å²) in [6, 6.07) is 9.41. The number of benzene rings is 1. The fourth-order valence-corrected chi connectivity index (χ4v) is 3.80. The first-order chi connectivity index (χ1) is 11.2. The molecule has 1 unspecified atom stereocenters. The minimum atomic E-state index is -0.677. The molecule has 24 heavy (non-hydrogen) atoms. The number of carbonyl (C=O) groups excluding carboxylic acids is 1. The number of rotatable bonds is 6. The van der Waals surface area contributed by atoms with Gasteiger partial charge in [-0.1, -0.05) is 29.8 Å². The Morgan fingerprint density at radius 1 is 1.29 bits per heavy atom. The summed E-state index contributed by atoms with van der Waals surface area (Å²) in [5, 5.41) is 0. The average molecular weight is 332 g/mol. The number of nitrogens with two attached hydrogens (primary N) is 1. The number of likely N-dealkylation sites (tertiary alicyclic amines) is 1. The van der Waals surface area contributed by atoms with Crippen LogP contribution in [0.15, 0.2) is 24.3 Å². The van der Waals surface area contributed by atoms with Crippen molar-refractivity contribution in [3.05, 3.63) is 35.4 Å². The molecular formula is C20H32N2O2. The summed E-state index contributed by atoms with van der Waals surface area (Å²) in [6.45, 7) is 10.6. The number of piperidine rings is 1. The maximum atomic E-state index is 11.0. The lowest BCUT2D eigenvalue weighted by molar-refractivity contribution is 0.0147. The number of carbonyl (C=O) groups is 1. The van der Waals surface area contributed by atoms with Gasteiger partial charge < -0.3 is 15.4 Å². The smallest absolute Gasteiger partial charge is 0.405 e. The Morgan fingerprint density at radius 2 is 1.88 bits per heavy atom. The van der Waals surface area contributed by atoms with E-state index in [2.05, 4.69) is 43.0 Å². The Kier molecular flexibility index (Phi) is 6.27. The summed E-state index contributed by atoms with van der Waals surface area (Å²) < 4.78 is 5.23. The highest BCUT2D eigenvalue weighted by molar-refractivity contribution is 5.65. The quantitative estimate of drug-likeness (QED) is 0.859. The molecule has 2 N–H and O–H groups in total. The predicted octanol–water partition coefficient (Wildman–Crippen LogP) is 3.90. The number of primary amides is 1. The van der Waals surface area contributed by atoms with Crippen molar-refractivity contribution in [1.82, 2.24) is 4.90 Å². The van der Waals surface area contributed by atoms with E-state index in [1.54, 1.807) is 0 Å². The van der Waals surface area contributed by atoms with Crippen LogP contribution in [0.4, 0.5) is 4.79 Å². The van der Waals surface area contributed by atoms with Crippen molar-refractivity contribution in [2.75, 3.05) is 13.1 Å². The SMILES string of the molecule is Cc1ccc(CC(C)N2CCC(CC(C)(C)OC(N)=O)CC2)cc1. The lowest BCUT2D eigenvalue weighted by atomic mass is 9.85. The summed E-state index contributed by atoms with van der Waals surface area (Å²) in [5.74, 6) is 0.599. The fourth-order valence-electron chi connectivity index (χ4n) is 3.80. The van der Waals surface area contributed by atoms with Crippen LogP contribution in [0.2, 0.25) is 0 Å². The first kappa shape index (κ1) is 18.8. The van der Waals surface area contributed by atoms with E-state index in [-0.39, 0.29) is 0 Å². The van der Waals surface area contributed by atoms with Crippen molar-refractivity contribution in [2.24, 2.45) is 11.7 Å². The Bertz CT molecular complexity index is 531. The van der Waals surface area contributed by atoms with Crippen LogP contribution in [-0.4, -0.2) is 35.7 Å². The van der Waals surface area contributed by atoms with Gasteiger partial charge in [0, 0.05) is 6.04 Å². The highest BCUT2D eigenvalue weighted by atomic mass is 16.6. The highest BCUT2D eigenvalue weighted by Gasteiger charge is 2.30. The molecule has 2 rings (SSSR count). The van der Waals surface area contributed by atoms with Gasteiger partial charge in [-0.25, -0.2) is 4.79 Å². The summed E-state index contributed by atoms with van der Waals surface area (Å²) >= 11 is 0. The predicted molar refractivity (Wildman–Crippen MR) is 98.0 cm³/mol. The van der Waals surface area contributed by atoms with Gasteiger partial charge >= 0.3 is 6.09 Å². The normalized spacial score (nSPS) is 18.3. The molecule has 4 nitrogen and oxygen atoms in total. The molecule has 1 atom stereocenters. The molecule has 0 saturated carbocycles. The molecule has 0 aliphatic carbocycles. The van der Waals surface area contributed by atoms with E-state index >= 15 is 0 Å². The van der Waals surface area contributed by atoms with Crippen molar-refractivity contribution in [2.45, 2.75) is 65.0 Å². The maximum Gasteiger partial charge on any atom is 0.405 e. The van der Waals surface area contributed by atoms with E-state index in [4.69, 9.17) is 10.5 Å². The van der Waals surface area contributed by atoms with Gasteiger partial charge in [0.25, 0.3) is 0 Å². The van der Waals surface area contributed by atoms with Crippen molar-refractivity contribution in [1.29, 1.82) is 0 Å². The molecular weight excluding hydrogens is 300 g/mol. The van der Waals surface area contributed by atoms with Crippen LogP contribution in [0.1, 0.15) is 51.2 Å². The van der Waals surface area contributed by atoms with Gasteiger partial charge in [-0.3, -0.25) is 0 Å². The summed E-state index contributed by atoms with van der Waals surface area (Å²) in [6.07, 6.45) is 3.62. The van der Waals surface area contributed by atoms with Gasteiger partial charge in [-0.05, 0) is 77.9 Å². The van der Waals surface area contributed by atoms with E-state index in [0.29, 0.717) is 12.0 Å². The second-order valence-corrected chi connectivity index (χ2v) is 7.90. The topological polar surface area (TPSA) is 55.6 Å². The third-order valence-electron chi connectivity index (χ3n) is 5.08. The van der Waals surface area contributed by atoms with Crippen LogP contribution >= 0.6 is 0 Å². The zero-order valence-electron chi connectivity index (χ0n) is 15.5. The van der Waals surface area contributed by atoms with E-state index in [9.17, 15) is 4.79 Å². The number of hydrogen-bond donors (Lipinski definition) is 1. The largest absolute Gasteiger partial charge is 0.444 e. The summed E-state index contributed by atoms with van der Waals surface area (Å²) in [7, 11) is 0. The maximum absolute atomic E-state index is 11.0. The minimum Gasteiger partial charge on any atom is -0.444 e. The van der Waals surface area contributed by atoms with Crippen molar-refractivity contribution in [3.8, 4) is 0 Å². The lowest BCUT2D eigenvalue weighted by Gasteiger charge is -2.38. The molecule has 1 aromatic rings. The van der Waals surface area contributed by atoms with E-state index in [1.165, 1.54) is 11.1 Å². The molecule has 0 radical (unpaired) electrons. The number of aryl methyl sites for hydroxylation is 1.